The minimum Gasteiger partial charge on any atom is -0.343 e. The molecule has 3 aromatic heterocycles. The van der Waals surface area contributed by atoms with Crippen LogP contribution in [0.15, 0.2) is 11.7 Å². The average Bonchev–Trinajstić information content (AvgIpc) is 2.95. The van der Waals surface area contributed by atoms with E-state index in [1.54, 1.807) is 0 Å². The second-order valence-corrected chi connectivity index (χ2v) is 5.97. The molecule has 0 radical (unpaired) electrons. The smallest absolute Gasteiger partial charge is 0.231 e. The molecular formula is C14H15N5OS. The Bertz CT molecular complexity index is 820. The molecule has 0 aromatic carbocycles. The van der Waals surface area contributed by atoms with E-state index in [-0.39, 0.29) is 12.3 Å². The highest BCUT2D eigenvalue weighted by atomic mass is 32.1. The largest absolute Gasteiger partial charge is 0.343 e. The van der Waals surface area contributed by atoms with Crippen LogP contribution >= 0.6 is 11.3 Å². The fourth-order valence-corrected chi connectivity index (χ4v) is 2.83. The highest BCUT2D eigenvalue weighted by molar-refractivity contribution is 7.09. The van der Waals surface area contributed by atoms with Gasteiger partial charge in [-0.3, -0.25) is 4.79 Å². The van der Waals surface area contributed by atoms with Crippen LogP contribution in [0.25, 0.3) is 11.0 Å². The summed E-state index contributed by atoms with van der Waals surface area (Å²) in [5, 5.41) is 6.57. The number of carbonyl (C=O) groups is 1. The van der Waals surface area contributed by atoms with E-state index in [4.69, 9.17) is 0 Å². The van der Waals surface area contributed by atoms with Crippen molar-refractivity contribution in [3.8, 4) is 0 Å². The fourth-order valence-electron chi connectivity index (χ4n) is 2.22. The van der Waals surface area contributed by atoms with Crippen LogP contribution in [0.2, 0.25) is 0 Å². The van der Waals surface area contributed by atoms with Gasteiger partial charge in [-0.05, 0) is 26.3 Å². The molecule has 0 bridgehead atoms. The number of fused-ring (bicyclic) bond motifs is 1. The van der Waals surface area contributed by atoms with Crippen molar-refractivity contribution in [3.05, 3.63) is 33.7 Å². The topological polar surface area (TPSA) is 83.6 Å². The third-order valence-electron chi connectivity index (χ3n) is 3.36. The highest BCUT2D eigenvalue weighted by Gasteiger charge is 2.14. The monoisotopic (exact) mass is 301 g/mol. The van der Waals surface area contributed by atoms with Crippen molar-refractivity contribution in [2.45, 2.75) is 27.2 Å². The molecule has 0 saturated carbocycles. The predicted octanol–water partition coefficient (Wildman–Crippen LogP) is 2.52. The summed E-state index contributed by atoms with van der Waals surface area (Å²) in [6.07, 6.45) is 1.69. The lowest BCUT2D eigenvalue weighted by molar-refractivity contribution is -0.115. The van der Waals surface area contributed by atoms with Gasteiger partial charge < -0.3 is 10.3 Å². The second kappa shape index (κ2) is 5.25. The molecule has 7 heteroatoms. The SMILES string of the molecule is Cc1nc(CC(=O)Nc2ncnc3[nH]c(C)c(C)c23)cs1. The molecule has 0 spiro atoms. The number of amides is 1. The summed E-state index contributed by atoms with van der Waals surface area (Å²) in [5.74, 6) is 0.414. The summed E-state index contributed by atoms with van der Waals surface area (Å²) in [4.78, 5) is 28.0. The van der Waals surface area contributed by atoms with Crippen LogP contribution in [-0.2, 0) is 11.2 Å². The highest BCUT2D eigenvalue weighted by Crippen LogP contribution is 2.25. The Morgan fingerprint density at radius 1 is 1.33 bits per heavy atom. The number of aromatic amines is 1. The molecule has 0 atom stereocenters. The van der Waals surface area contributed by atoms with Crippen LogP contribution in [0, 0.1) is 20.8 Å². The molecule has 0 aliphatic rings. The lowest BCUT2D eigenvalue weighted by Crippen LogP contribution is -2.16. The normalized spacial score (nSPS) is 11.0. The number of hydrogen-bond acceptors (Lipinski definition) is 5. The number of carbonyl (C=O) groups excluding carboxylic acids is 1. The number of thiazole rings is 1. The molecule has 0 unspecified atom stereocenters. The van der Waals surface area contributed by atoms with Gasteiger partial charge >= 0.3 is 0 Å². The lowest BCUT2D eigenvalue weighted by Gasteiger charge is -2.05. The van der Waals surface area contributed by atoms with Crippen LogP contribution in [0.4, 0.5) is 5.82 Å². The summed E-state index contributed by atoms with van der Waals surface area (Å²) in [6.45, 7) is 5.88. The van der Waals surface area contributed by atoms with Gasteiger partial charge in [0.1, 0.15) is 17.8 Å². The molecule has 0 saturated heterocycles. The van der Waals surface area contributed by atoms with Crippen molar-refractivity contribution in [2.24, 2.45) is 0 Å². The molecule has 6 nitrogen and oxygen atoms in total. The molecule has 3 heterocycles. The number of aromatic nitrogens is 4. The Morgan fingerprint density at radius 2 is 2.14 bits per heavy atom. The number of H-pyrrole nitrogens is 1. The summed E-state index contributed by atoms with van der Waals surface area (Å²) in [6, 6.07) is 0. The molecule has 0 aliphatic heterocycles. The average molecular weight is 301 g/mol. The predicted molar refractivity (Wildman–Crippen MR) is 82.5 cm³/mol. The third-order valence-corrected chi connectivity index (χ3v) is 4.18. The van der Waals surface area contributed by atoms with Crippen LogP contribution in [-0.4, -0.2) is 25.8 Å². The van der Waals surface area contributed by atoms with Crippen LogP contribution in [0.5, 0.6) is 0 Å². The minimum atomic E-state index is -0.126. The van der Waals surface area contributed by atoms with Gasteiger partial charge in [0.2, 0.25) is 5.91 Å². The van der Waals surface area contributed by atoms with Gasteiger partial charge in [-0.15, -0.1) is 11.3 Å². The molecule has 108 valence electrons. The van der Waals surface area contributed by atoms with Crippen molar-refractivity contribution in [1.29, 1.82) is 0 Å². The lowest BCUT2D eigenvalue weighted by atomic mass is 10.2. The van der Waals surface area contributed by atoms with E-state index in [2.05, 4.69) is 25.3 Å². The summed E-state index contributed by atoms with van der Waals surface area (Å²) < 4.78 is 0. The van der Waals surface area contributed by atoms with Crippen LogP contribution in [0.1, 0.15) is 22.0 Å². The Kier molecular flexibility index (Phi) is 3.42. The zero-order valence-corrected chi connectivity index (χ0v) is 12.8. The van der Waals surface area contributed by atoms with E-state index in [0.717, 1.165) is 33.0 Å². The first-order valence-electron chi connectivity index (χ1n) is 6.55. The Hall–Kier alpha value is -2.28. The molecule has 0 fully saturated rings. The van der Waals surface area contributed by atoms with Gasteiger partial charge in [-0.2, -0.15) is 0 Å². The molecule has 3 rings (SSSR count). The van der Waals surface area contributed by atoms with Gasteiger partial charge in [0.15, 0.2) is 0 Å². The maximum atomic E-state index is 12.1. The Balaban J connectivity index is 1.86. The van der Waals surface area contributed by atoms with E-state index in [0.29, 0.717) is 5.82 Å². The summed E-state index contributed by atoms with van der Waals surface area (Å²) in [7, 11) is 0. The summed E-state index contributed by atoms with van der Waals surface area (Å²) >= 11 is 1.54. The Morgan fingerprint density at radius 3 is 2.86 bits per heavy atom. The minimum absolute atomic E-state index is 0.126. The van der Waals surface area contributed by atoms with E-state index in [1.807, 2.05) is 26.2 Å². The number of anilines is 1. The molecule has 2 N–H and O–H groups in total. The number of aryl methyl sites for hydroxylation is 3. The Labute approximate surface area is 125 Å². The van der Waals surface area contributed by atoms with Crippen molar-refractivity contribution in [2.75, 3.05) is 5.32 Å². The number of hydrogen-bond donors (Lipinski definition) is 2. The molecule has 21 heavy (non-hydrogen) atoms. The first-order chi connectivity index (χ1) is 10.0. The fraction of sp³-hybridized carbons (Fsp3) is 0.286. The van der Waals surface area contributed by atoms with E-state index < -0.39 is 0 Å². The molecule has 3 aromatic rings. The first-order valence-corrected chi connectivity index (χ1v) is 7.43. The number of nitrogens with zero attached hydrogens (tertiary/aromatic N) is 3. The van der Waals surface area contributed by atoms with Gasteiger partial charge in [0.05, 0.1) is 22.5 Å². The van der Waals surface area contributed by atoms with E-state index in [9.17, 15) is 4.79 Å². The quantitative estimate of drug-likeness (QED) is 0.778. The van der Waals surface area contributed by atoms with Crippen molar-refractivity contribution < 1.29 is 4.79 Å². The van der Waals surface area contributed by atoms with E-state index >= 15 is 0 Å². The van der Waals surface area contributed by atoms with E-state index in [1.165, 1.54) is 17.7 Å². The summed E-state index contributed by atoms with van der Waals surface area (Å²) in [5.41, 5.74) is 3.59. The molecular weight excluding hydrogens is 286 g/mol. The van der Waals surface area contributed by atoms with Crippen LogP contribution < -0.4 is 5.32 Å². The van der Waals surface area contributed by atoms with Crippen LogP contribution in [0.3, 0.4) is 0 Å². The van der Waals surface area contributed by atoms with Gasteiger partial charge in [-0.25, -0.2) is 15.0 Å². The molecule has 0 aliphatic carbocycles. The third kappa shape index (κ3) is 2.64. The standard InChI is InChI=1S/C14H15N5OS/c1-7-8(2)17-13-12(7)14(16-6-15-13)19-11(20)4-10-5-21-9(3)18-10/h5-6H,4H2,1-3H3,(H2,15,16,17,19,20). The van der Waals surface area contributed by atoms with Gasteiger partial charge in [0.25, 0.3) is 0 Å². The zero-order valence-electron chi connectivity index (χ0n) is 12.0. The van der Waals surface area contributed by atoms with Crippen molar-refractivity contribution in [1.82, 2.24) is 19.9 Å². The number of nitrogens with one attached hydrogen (secondary N) is 2. The number of rotatable bonds is 3. The maximum Gasteiger partial charge on any atom is 0.231 e. The van der Waals surface area contributed by atoms with Gasteiger partial charge in [0, 0.05) is 11.1 Å². The van der Waals surface area contributed by atoms with Crippen molar-refractivity contribution in [3.63, 3.8) is 0 Å². The molecule has 1 amide bonds. The maximum absolute atomic E-state index is 12.1. The van der Waals surface area contributed by atoms with Gasteiger partial charge in [-0.1, -0.05) is 0 Å². The zero-order chi connectivity index (χ0) is 15.0. The van der Waals surface area contributed by atoms with Crippen molar-refractivity contribution >= 4 is 34.1 Å². The second-order valence-electron chi connectivity index (χ2n) is 4.90. The first kappa shape index (κ1) is 13.7.